The van der Waals surface area contributed by atoms with E-state index in [0.717, 1.165) is 12.1 Å². The van der Waals surface area contributed by atoms with Gasteiger partial charge in [-0.2, -0.15) is 13.2 Å². The summed E-state index contributed by atoms with van der Waals surface area (Å²) in [6.45, 7) is 0.465. The second-order valence-electron chi connectivity index (χ2n) is 3.86. The minimum atomic E-state index is -4.35. The molecular weight excluding hydrogens is 233 g/mol. The lowest BCUT2D eigenvalue weighted by Crippen LogP contribution is -2.44. The number of carbonyl (C=O) groups is 1. The van der Waals surface area contributed by atoms with Gasteiger partial charge in [0.25, 0.3) is 0 Å². The minimum absolute atomic E-state index is 0.348. The molecule has 2 amide bonds. The average Bonchev–Trinajstić information content (AvgIpc) is 2.28. The van der Waals surface area contributed by atoms with E-state index in [1.165, 1.54) is 6.07 Å². The summed E-state index contributed by atoms with van der Waals surface area (Å²) >= 11 is 0. The summed E-state index contributed by atoms with van der Waals surface area (Å²) < 4.78 is 37.5. The highest BCUT2D eigenvalue weighted by Crippen LogP contribution is 2.31. The molecule has 0 saturated carbocycles. The van der Waals surface area contributed by atoms with Crippen LogP contribution in [0.5, 0.6) is 0 Å². The minimum Gasteiger partial charge on any atom is -0.338 e. The normalized spacial score (nSPS) is 20.6. The van der Waals surface area contributed by atoms with Crippen LogP contribution in [0.4, 0.5) is 18.0 Å². The fraction of sp³-hybridized carbons (Fsp3) is 0.364. The Bertz CT molecular complexity index is 431. The highest BCUT2D eigenvalue weighted by Gasteiger charge is 2.31. The van der Waals surface area contributed by atoms with Crippen molar-refractivity contribution in [1.29, 1.82) is 0 Å². The third-order valence-electron chi connectivity index (χ3n) is 2.64. The summed E-state index contributed by atoms with van der Waals surface area (Å²) in [6, 6.07) is 4.34. The number of hydrogen-bond donors (Lipinski definition) is 2. The molecule has 92 valence electrons. The maximum atomic E-state index is 12.5. The Balaban J connectivity index is 2.24. The fourth-order valence-corrected chi connectivity index (χ4v) is 1.79. The number of urea groups is 1. The molecule has 1 unspecified atom stereocenters. The van der Waals surface area contributed by atoms with Gasteiger partial charge in [-0.3, -0.25) is 0 Å². The molecule has 1 saturated heterocycles. The summed E-state index contributed by atoms with van der Waals surface area (Å²) in [4.78, 5) is 11.1. The standard InChI is InChI=1S/C11H11F3N2O/c12-11(13,14)8-3-1-2-7(6-8)9-4-5-15-10(17)16-9/h1-3,6,9H,4-5H2,(H2,15,16,17). The average molecular weight is 244 g/mol. The summed E-state index contributed by atoms with van der Waals surface area (Å²) in [5.41, 5.74) is -0.211. The van der Waals surface area contributed by atoms with Gasteiger partial charge in [-0.25, -0.2) is 4.79 Å². The van der Waals surface area contributed by atoms with E-state index in [2.05, 4.69) is 10.6 Å². The predicted molar refractivity (Wildman–Crippen MR) is 55.3 cm³/mol. The Morgan fingerprint density at radius 2 is 2.06 bits per heavy atom. The van der Waals surface area contributed by atoms with E-state index in [1.807, 2.05) is 0 Å². The summed E-state index contributed by atoms with van der Waals surface area (Å²) in [6.07, 6.45) is -3.78. The predicted octanol–water partition coefficient (Wildman–Crippen LogP) is 2.45. The lowest BCUT2D eigenvalue weighted by Gasteiger charge is -2.25. The van der Waals surface area contributed by atoms with Crippen molar-refractivity contribution in [3.63, 3.8) is 0 Å². The van der Waals surface area contributed by atoms with Crippen molar-refractivity contribution in [3.8, 4) is 0 Å². The largest absolute Gasteiger partial charge is 0.416 e. The molecule has 2 rings (SSSR count). The zero-order valence-corrected chi connectivity index (χ0v) is 8.84. The van der Waals surface area contributed by atoms with Crippen molar-refractivity contribution >= 4 is 6.03 Å². The molecule has 1 atom stereocenters. The Morgan fingerprint density at radius 3 is 2.71 bits per heavy atom. The van der Waals surface area contributed by atoms with E-state index in [9.17, 15) is 18.0 Å². The van der Waals surface area contributed by atoms with Crippen molar-refractivity contribution in [2.75, 3.05) is 6.54 Å². The van der Waals surface area contributed by atoms with Gasteiger partial charge in [-0.05, 0) is 24.1 Å². The number of benzene rings is 1. The van der Waals surface area contributed by atoms with Crippen LogP contribution in [0.3, 0.4) is 0 Å². The van der Waals surface area contributed by atoms with Crippen LogP contribution >= 0.6 is 0 Å². The highest BCUT2D eigenvalue weighted by atomic mass is 19.4. The molecule has 0 aromatic heterocycles. The Kier molecular flexibility index (Phi) is 2.95. The van der Waals surface area contributed by atoms with E-state index in [1.54, 1.807) is 6.07 Å². The van der Waals surface area contributed by atoms with Crippen molar-refractivity contribution in [2.24, 2.45) is 0 Å². The first-order valence-electron chi connectivity index (χ1n) is 5.18. The summed E-state index contributed by atoms with van der Waals surface area (Å²) in [5, 5.41) is 5.15. The van der Waals surface area contributed by atoms with Crippen molar-refractivity contribution in [3.05, 3.63) is 35.4 Å². The van der Waals surface area contributed by atoms with Crippen molar-refractivity contribution in [2.45, 2.75) is 18.6 Å². The van der Waals surface area contributed by atoms with Gasteiger partial charge in [0.1, 0.15) is 0 Å². The number of rotatable bonds is 1. The number of carbonyl (C=O) groups excluding carboxylic acids is 1. The highest BCUT2D eigenvalue weighted by molar-refractivity contribution is 5.75. The van der Waals surface area contributed by atoms with Crippen LogP contribution in [0.15, 0.2) is 24.3 Å². The van der Waals surface area contributed by atoms with E-state index in [0.29, 0.717) is 18.5 Å². The third-order valence-corrected chi connectivity index (χ3v) is 2.64. The van der Waals surface area contributed by atoms with Crippen LogP contribution in [0.25, 0.3) is 0 Å². The zero-order valence-electron chi connectivity index (χ0n) is 8.84. The number of nitrogens with one attached hydrogen (secondary N) is 2. The number of halogens is 3. The molecule has 1 aromatic rings. The van der Waals surface area contributed by atoms with Gasteiger partial charge in [0, 0.05) is 6.54 Å². The molecule has 3 nitrogen and oxygen atoms in total. The van der Waals surface area contributed by atoms with E-state index < -0.39 is 11.7 Å². The van der Waals surface area contributed by atoms with Crippen molar-refractivity contribution < 1.29 is 18.0 Å². The lowest BCUT2D eigenvalue weighted by molar-refractivity contribution is -0.137. The smallest absolute Gasteiger partial charge is 0.338 e. The Morgan fingerprint density at radius 1 is 1.29 bits per heavy atom. The molecule has 1 heterocycles. The number of amides is 2. The fourth-order valence-electron chi connectivity index (χ4n) is 1.79. The van der Waals surface area contributed by atoms with Gasteiger partial charge in [0.15, 0.2) is 0 Å². The number of hydrogen-bond acceptors (Lipinski definition) is 1. The monoisotopic (exact) mass is 244 g/mol. The molecule has 1 aromatic carbocycles. The molecule has 0 aliphatic carbocycles. The molecule has 17 heavy (non-hydrogen) atoms. The van der Waals surface area contributed by atoms with E-state index >= 15 is 0 Å². The second kappa shape index (κ2) is 4.27. The topological polar surface area (TPSA) is 41.1 Å². The maximum Gasteiger partial charge on any atom is 0.416 e. The second-order valence-corrected chi connectivity index (χ2v) is 3.86. The van der Waals surface area contributed by atoms with Gasteiger partial charge < -0.3 is 10.6 Å². The molecule has 0 spiro atoms. The molecule has 6 heteroatoms. The van der Waals surface area contributed by atoms with Crippen LogP contribution in [0, 0.1) is 0 Å². The zero-order chi connectivity index (χ0) is 12.5. The maximum absolute atomic E-state index is 12.5. The van der Waals surface area contributed by atoms with Crippen molar-refractivity contribution in [1.82, 2.24) is 10.6 Å². The van der Waals surface area contributed by atoms with Crippen LogP contribution in [0.1, 0.15) is 23.6 Å². The first-order chi connectivity index (χ1) is 7.97. The molecular formula is C11H11F3N2O. The van der Waals surface area contributed by atoms with Gasteiger partial charge in [-0.15, -0.1) is 0 Å². The van der Waals surface area contributed by atoms with E-state index in [4.69, 9.17) is 0 Å². The number of alkyl halides is 3. The van der Waals surface area contributed by atoms with Crippen LogP contribution in [0.2, 0.25) is 0 Å². The third kappa shape index (κ3) is 2.69. The first-order valence-corrected chi connectivity index (χ1v) is 5.18. The quantitative estimate of drug-likeness (QED) is 0.782. The summed E-state index contributed by atoms with van der Waals surface area (Å²) in [5.74, 6) is 0. The Labute approximate surface area is 96.0 Å². The Hall–Kier alpha value is -1.72. The van der Waals surface area contributed by atoms with Gasteiger partial charge in [-0.1, -0.05) is 12.1 Å². The van der Waals surface area contributed by atoms with Crippen LogP contribution < -0.4 is 10.6 Å². The van der Waals surface area contributed by atoms with Gasteiger partial charge in [0.2, 0.25) is 0 Å². The van der Waals surface area contributed by atoms with Gasteiger partial charge >= 0.3 is 12.2 Å². The first kappa shape index (κ1) is 11.8. The molecule has 0 radical (unpaired) electrons. The van der Waals surface area contributed by atoms with E-state index in [-0.39, 0.29) is 12.1 Å². The molecule has 1 aliphatic rings. The lowest BCUT2D eigenvalue weighted by atomic mass is 10.00. The van der Waals surface area contributed by atoms with Crippen LogP contribution in [-0.4, -0.2) is 12.6 Å². The van der Waals surface area contributed by atoms with Gasteiger partial charge in [0.05, 0.1) is 11.6 Å². The molecule has 0 bridgehead atoms. The van der Waals surface area contributed by atoms with Crippen LogP contribution in [-0.2, 0) is 6.18 Å². The summed E-state index contributed by atoms with van der Waals surface area (Å²) in [7, 11) is 0. The molecule has 1 aliphatic heterocycles. The molecule has 1 fully saturated rings. The SMILES string of the molecule is O=C1NCCC(c2cccc(C(F)(F)F)c2)N1. The molecule has 2 N–H and O–H groups in total.